The summed E-state index contributed by atoms with van der Waals surface area (Å²) in [5.41, 5.74) is 4.12. The van der Waals surface area contributed by atoms with Crippen molar-refractivity contribution in [2.24, 2.45) is 0 Å². The molecule has 1 saturated heterocycles. The van der Waals surface area contributed by atoms with Gasteiger partial charge in [0.05, 0.1) is 24.3 Å². The van der Waals surface area contributed by atoms with E-state index in [1.54, 1.807) is 11.6 Å². The zero-order valence-corrected chi connectivity index (χ0v) is 18.8. The van der Waals surface area contributed by atoms with Gasteiger partial charge in [0, 0.05) is 56.0 Å². The lowest BCUT2D eigenvalue weighted by molar-refractivity contribution is -0.134. The summed E-state index contributed by atoms with van der Waals surface area (Å²) >= 11 is 0. The van der Waals surface area contributed by atoms with E-state index in [1.807, 2.05) is 36.2 Å². The number of amides is 1. The van der Waals surface area contributed by atoms with Gasteiger partial charge in [-0.25, -0.2) is 9.50 Å². The third kappa shape index (κ3) is 4.12. The Labute approximate surface area is 191 Å². The van der Waals surface area contributed by atoms with Crippen LogP contribution in [0.15, 0.2) is 24.4 Å². The van der Waals surface area contributed by atoms with E-state index < -0.39 is 0 Å². The third-order valence-electron chi connectivity index (χ3n) is 6.39. The fraction of sp³-hybridized carbons (Fsp3) is 0.478. The Hall–Kier alpha value is -3.58. The lowest BCUT2D eigenvalue weighted by Gasteiger charge is -2.41. The van der Waals surface area contributed by atoms with Gasteiger partial charge < -0.3 is 14.5 Å². The number of nitrogens with zero attached hydrogens (tertiary/aromatic N) is 8. The van der Waals surface area contributed by atoms with Gasteiger partial charge in [0.25, 0.3) is 0 Å². The second-order valence-electron chi connectivity index (χ2n) is 8.70. The largest absolute Gasteiger partial charge is 0.384 e. The highest BCUT2D eigenvalue weighted by molar-refractivity contribution is 5.77. The van der Waals surface area contributed by atoms with E-state index in [9.17, 15) is 10.1 Å². The van der Waals surface area contributed by atoms with Crippen molar-refractivity contribution >= 4 is 17.4 Å². The van der Waals surface area contributed by atoms with Crippen molar-refractivity contribution in [3.8, 4) is 17.2 Å². The number of rotatable bonds is 6. The van der Waals surface area contributed by atoms with Gasteiger partial charge in [-0.2, -0.15) is 5.26 Å². The van der Waals surface area contributed by atoms with Crippen LogP contribution in [0.25, 0.3) is 16.8 Å². The smallest absolute Gasteiger partial charge is 0.225 e. The first kappa shape index (κ1) is 21.3. The van der Waals surface area contributed by atoms with Crippen molar-refractivity contribution in [3.05, 3.63) is 35.7 Å². The quantitative estimate of drug-likeness (QED) is 0.565. The topological polar surface area (TPSA) is 113 Å². The summed E-state index contributed by atoms with van der Waals surface area (Å²) in [4.78, 5) is 21.6. The van der Waals surface area contributed by atoms with Gasteiger partial charge in [-0.1, -0.05) is 0 Å². The van der Waals surface area contributed by atoms with Crippen molar-refractivity contribution in [2.75, 3.05) is 38.3 Å². The number of aromatic nitrogens is 5. The molecule has 0 N–H and O–H groups in total. The average molecular weight is 447 g/mol. The SMILES string of the molecule is COCCC(=O)N1CCN(c2nc(C3CC3)c(-c3ccc4nnnn4c3)cc2C#N)CC1C. The van der Waals surface area contributed by atoms with Crippen LogP contribution in [-0.2, 0) is 9.53 Å². The minimum atomic E-state index is 0.0303. The summed E-state index contributed by atoms with van der Waals surface area (Å²) in [6.45, 7) is 4.35. The van der Waals surface area contributed by atoms with Crippen LogP contribution in [0.5, 0.6) is 0 Å². The number of ether oxygens (including phenoxy) is 1. The summed E-state index contributed by atoms with van der Waals surface area (Å²) in [5.74, 6) is 1.21. The Balaban J connectivity index is 1.46. The molecule has 10 nitrogen and oxygen atoms in total. The first-order valence-corrected chi connectivity index (χ1v) is 11.3. The molecular weight excluding hydrogens is 420 g/mol. The number of anilines is 1. The van der Waals surface area contributed by atoms with E-state index in [-0.39, 0.29) is 11.9 Å². The minimum Gasteiger partial charge on any atom is -0.384 e. The maximum atomic E-state index is 12.5. The van der Waals surface area contributed by atoms with E-state index in [4.69, 9.17) is 9.72 Å². The van der Waals surface area contributed by atoms with Crippen molar-refractivity contribution < 1.29 is 9.53 Å². The average Bonchev–Trinajstić information content (AvgIpc) is 3.58. The van der Waals surface area contributed by atoms with Gasteiger partial charge >= 0.3 is 0 Å². The van der Waals surface area contributed by atoms with Crippen LogP contribution < -0.4 is 4.90 Å². The van der Waals surface area contributed by atoms with Crippen LogP contribution in [-0.4, -0.2) is 75.2 Å². The van der Waals surface area contributed by atoms with Crippen LogP contribution in [0.4, 0.5) is 5.82 Å². The Kier molecular flexibility index (Phi) is 5.64. The van der Waals surface area contributed by atoms with E-state index >= 15 is 0 Å². The Morgan fingerprint density at radius 2 is 2.15 bits per heavy atom. The minimum absolute atomic E-state index is 0.0303. The van der Waals surface area contributed by atoms with Gasteiger partial charge in [0.2, 0.25) is 5.91 Å². The van der Waals surface area contributed by atoms with Crippen molar-refractivity contribution in [1.82, 2.24) is 29.9 Å². The van der Waals surface area contributed by atoms with Crippen molar-refractivity contribution in [1.29, 1.82) is 5.26 Å². The molecule has 1 unspecified atom stereocenters. The normalized spacial score (nSPS) is 18.5. The van der Waals surface area contributed by atoms with Gasteiger partial charge in [0.15, 0.2) is 5.65 Å². The molecule has 0 radical (unpaired) electrons. The number of hydrogen-bond acceptors (Lipinski definition) is 8. The molecule has 1 aliphatic heterocycles. The zero-order chi connectivity index (χ0) is 22.9. The van der Waals surface area contributed by atoms with Gasteiger partial charge in [-0.3, -0.25) is 4.79 Å². The van der Waals surface area contributed by atoms with Gasteiger partial charge in [-0.15, -0.1) is 5.10 Å². The molecule has 2 fully saturated rings. The summed E-state index contributed by atoms with van der Waals surface area (Å²) in [6.07, 6.45) is 4.45. The Bertz CT molecular complexity index is 1230. The second kappa shape index (κ2) is 8.75. The summed E-state index contributed by atoms with van der Waals surface area (Å²) in [5, 5.41) is 21.7. The molecule has 1 saturated carbocycles. The van der Waals surface area contributed by atoms with Gasteiger partial charge in [0.1, 0.15) is 11.9 Å². The molecule has 0 spiro atoms. The molecule has 1 aliphatic carbocycles. The highest BCUT2D eigenvalue weighted by atomic mass is 16.5. The molecule has 0 bridgehead atoms. The number of piperazine rings is 1. The predicted molar refractivity (Wildman–Crippen MR) is 121 cm³/mol. The zero-order valence-electron chi connectivity index (χ0n) is 18.8. The number of methoxy groups -OCH3 is 1. The Morgan fingerprint density at radius 1 is 1.30 bits per heavy atom. The molecule has 5 rings (SSSR count). The molecule has 10 heteroatoms. The van der Waals surface area contributed by atoms with E-state index in [1.165, 1.54) is 0 Å². The third-order valence-corrected chi connectivity index (χ3v) is 6.39. The maximum absolute atomic E-state index is 12.5. The molecule has 0 aromatic carbocycles. The van der Waals surface area contributed by atoms with Crippen LogP contribution in [0.1, 0.15) is 43.4 Å². The first-order valence-electron chi connectivity index (χ1n) is 11.3. The standard InChI is InChI=1S/C23H26N8O2/c1-15-13-29(8-9-30(15)21(32)7-10-33-2)23-18(12-24)11-19(22(25-23)16-3-4-16)17-5-6-20-26-27-28-31(20)14-17/h5-6,11,14-16H,3-4,7-10,13H2,1-2H3. The molecule has 3 aromatic heterocycles. The van der Waals surface area contributed by atoms with E-state index in [0.29, 0.717) is 55.6 Å². The highest BCUT2D eigenvalue weighted by Gasteiger charge is 2.33. The molecule has 3 aromatic rings. The number of tetrazole rings is 1. The Morgan fingerprint density at radius 3 is 2.88 bits per heavy atom. The molecule has 4 heterocycles. The lowest BCUT2D eigenvalue weighted by Crippen LogP contribution is -2.54. The number of carbonyl (C=O) groups is 1. The number of nitriles is 1. The van der Waals surface area contributed by atoms with Gasteiger partial charge in [-0.05, 0) is 48.4 Å². The molecule has 33 heavy (non-hydrogen) atoms. The van der Waals surface area contributed by atoms with Crippen molar-refractivity contribution in [2.45, 2.75) is 38.1 Å². The summed E-state index contributed by atoms with van der Waals surface area (Å²) < 4.78 is 6.68. The maximum Gasteiger partial charge on any atom is 0.225 e. The van der Waals surface area contributed by atoms with Crippen LogP contribution >= 0.6 is 0 Å². The molecular formula is C23H26N8O2. The van der Waals surface area contributed by atoms with E-state index in [0.717, 1.165) is 29.7 Å². The molecule has 1 atom stereocenters. The van der Waals surface area contributed by atoms with Crippen LogP contribution in [0.2, 0.25) is 0 Å². The number of fused-ring (bicyclic) bond motifs is 1. The number of hydrogen-bond donors (Lipinski definition) is 0. The van der Waals surface area contributed by atoms with E-state index in [2.05, 4.69) is 26.5 Å². The summed E-state index contributed by atoms with van der Waals surface area (Å²) in [7, 11) is 1.60. The molecule has 2 aliphatic rings. The highest BCUT2D eigenvalue weighted by Crippen LogP contribution is 2.45. The summed E-state index contributed by atoms with van der Waals surface area (Å²) in [6, 6.07) is 8.17. The van der Waals surface area contributed by atoms with Crippen molar-refractivity contribution in [3.63, 3.8) is 0 Å². The van der Waals surface area contributed by atoms with Crippen LogP contribution in [0.3, 0.4) is 0 Å². The fourth-order valence-electron chi connectivity index (χ4n) is 4.49. The van der Waals surface area contributed by atoms with Crippen LogP contribution in [0, 0.1) is 11.3 Å². The first-order chi connectivity index (χ1) is 16.1. The molecule has 1 amide bonds. The lowest BCUT2D eigenvalue weighted by atomic mass is 10.00. The predicted octanol–water partition coefficient (Wildman–Crippen LogP) is 2.01. The number of pyridine rings is 2. The number of carbonyl (C=O) groups excluding carboxylic acids is 1. The fourth-order valence-corrected chi connectivity index (χ4v) is 4.49. The second-order valence-corrected chi connectivity index (χ2v) is 8.70. The molecule has 170 valence electrons. The monoisotopic (exact) mass is 446 g/mol.